The molecule has 1 aromatic heterocycles. The van der Waals surface area contributed by atoms with Crippen molar-refractivity contribution in [2.75, 3.05) is 12.3 Å². The number of hydrogen-bond acceptors (Lipinski definition) is 5. The number of rotatable bonds is 8. The Hall–Kier alpha value is -1.14. The summed E-state index contributed by atoms with van der Waals surface area (Å²) in [5, 5.41) is 13.6. The average molecular weight is 295 g/mol. The highest BCUT2D eigenvalue weighted by atomic mass is 32.2. The third-order valence-electron chi connectivity index (χ3n) is 3.55. The van der Waals surface area contributed by atoms with E-state index in [2.05, 4.69) is 15.3 Å². The van der Waals surface area contributed by atoms with Crippen LogP contribution >= 0.6 is 11.8 Å². The van der Waals surface area contributed by atoms with Gasteiger partial charge < -0.3 is 10.4 Å². The largest absolute Gasteiger partial charge is 0.480 e. The second kappa shape index (κ2) is 6.54. The van der Waals surface area contributed by atoms with Crippen molar-refractivity contribution < 1.29 is 9.90 Å². The number of aromatic nitrogens is 2. The summed E-state index contributed by atoms with van der Waals surface area (Å²) in [4.78, 5) is 20.3. The molecule has 6 heteroatoms. The first-order valence-electron chi connectivity index (χ1n) is 6.99. The molecule has 1 unspecified atom stereocenters. The van der Waals surface area contributed by atoms with Gasteiger partial charge in [0, 0.05) is 17.6 Å². The summed E-state index contributed by atoms with van der Waals surface area (Å²) in [6.07, 6.45) is 4.60. The molecule has 2 rings (SSSR count). The Labute approximate surface area is 123 Å². The molecule has 1 saturated carbocycles. The van der Waals surface area contributed by atoms with Gasteiger partial charge in [-0.25, -0.2) is 9.97 Å². The number of hydrogen-bond donors (Lipinski definition) is 2. The smallest absolute Gasteiger partial charge is 0.325 e. The molecule has 0 aromatic carbocycles. The molecule has 1 aliphatic rings. The Morgan fingerprint density at radius 2 is 2.35 bits per heavy atom. The minimum Gasteiger partial charge on any atom is -0.480 e. The maximum absolute atomic E-state index is 11.8. The van der Waals surface area contributed by atoms with Gasteiger partial charge >= 0.3 is 5.97 Å². The quantitative estimate of drug-likeness (QED) is 0.565. The van der Waals surface area contributed by atoms with Gasteiger partial charge in [0.1, 0.15) is 5.54 Å². The summed E-state index contributed by atoms with van der Waals surface area (Å²) < 4.78 is 0. The van der Waals surface area contributed by atoms with Crippen molar-refractivity contribution in [2.24, 2.45) is 5.92 Å². The van der Waals surface area contributed by atoms with Gasteiger partial charge in [0.2, 0.25) is 0 Å². The third kappa shape index (κ3) is 3.49. The molecule has 110 valence electrons. The van der Waals surface area contributed by atoms with Crippen LogP contribution in [0.25, 0.3) is 0 Å². The molecule has 1 heterocycles. The lowest BCUT2D eigenvalue weighted by Gasteiger charge is -2.30. The van der Waals surface area contributed by atoms with E-state index >= 15 is 0 Å². The van der Waals surface area contributed by atoms with Crippen LogP contribution in [0.15, 0.2) is 17.4 Å². The number of thioether (sulfide) groups is 1. The van der Waals surface area contributed by atoms with Crippen LogP contribution in [0.3, 0.4) is 0 Å². The van der Waals surface area contributed by atoms with E-state index in [0.29, 0.717) is 10.9 Å². The number of aliphatic carboxylic acids is 1. The van der Waals surface area contributed by atoms with Crippen LogP contribution in [0.5, 0.6) is 0 Å². The third-order valence-corrected chi connectivity index (χ3v) is 4.60. The van der Waals surface area contributed by atoms with E-state index < -0.39 is 11.5 Å². The number of nitrogens with zero attached hydrogens (tertiary/aromatic N) is 2. The maximum Gasteiger partial charge on any atom is 0.325 e. The van der Waals surface area contributed by atoms with E-state index in [9.17, 15) is 9.90 Å². The lowest BCUT2D eigenvalue weighted by Crippen LogP contribution is -2.56. The van der Waals surface area contributed by atoms with Crippen molar-refractivity contribution in [1.29, 1.82) is 0 Å². The van der Waals surface area contributed by atoms with Crippen molar-refractivity contribution in [1.82, 2.24) is 15.3 Å². The summed E-state index contributed by atoms with van der Waals surface area (Å²) in [6.45, 7) is 4.67. The zero-order valence-corrected chi connectivity index (χ0v) is 12.7. The molecular formula is C14H21N3O2S. The molecule has 20 heavy (non-hydrogen) atoms. The van der Waals surface area contributed by atoms with Crippen molar-refractivity contribution in [3.8, 4) is 0 Å². The molecule has 0 spiro atoms. The van der Waals surface area contributed by atoms with Crippen LogP contribution in [-0.4, -0.2) is 38.9 Å². The molecule has 0 aliphatic heterocycles. The van der Waals surface area contributed by atoms with Crippen molar-refractivity contribution in [3.05, 3.63) is 18.0 Å². The van der Waals surface area contributed by atoms with Gasteiger partial charge in [-0.15, -0.1) is 0 Å². The first kappa shape index (κ1) is 15.3. The highest BCUT2D eigenvalue weighted by Crippen LogP contribution is 2.42. The predicted molar refractivity (Wildman–Crippen MR) is 78.9 cm³/mol. The standard InChI is InChI=1S/C14H21N3O2S/c1-3-7-16-14(12(18)19,11-4-5-11)9-20-13-15-8-6-10(2)17-13/h6,8,11,16H,3-5,7,9H2,1-2H3,(H,18,19). The Bertz CT molecular complexity index is 479. The molecule has 5 nitrogen and oxygen atoms in total. The van der Waals surface area contributed by atoms with Gasteiger partial charge in [-0.3, -0.25) is 4.79 Å². The van der Waals surface area contributed by atoms with E-state index in [1.54, 1.807) is 6.20 Å². The van der Waals surface area contributed by atoms with Crippen LogP contribution in [0.2, 0.25) is 0 Å². The fourth-order valence-electron chi connectivity index (χ4n) is 2.22. The molecular weight excluding hydrogens is 274 g/mol. The van der Waals surface area contributed by atoms with Crippen LogP contribution in [-0.2, 0) is 4.79 Å². The molecule has 0 radical (unpaired) electrons. The van der Waals surface area contributed by atoms with Gasteiger partial charge in [-0.2, -0.15) is 0 Å². The van der Waals surface area contributed by atoms with Crippen LogP contribution in [0.4, 0.5) is 0 Å². The Balaban J connectivity index is 2.09. The number of carbonyl (C=O) groups is 1. The predicted octanol–water partition coefficient (Wildman–Crippen LogP) is 2.11. The summed E-state index contributed by atoms with van der Waals surface area (Å²) in [5.41, 5.74) is 0.0599. The molecule has 0 amide bonds. The molecule has 1 aromatic rings. The molecule has 0 saturated heterocycles. The second-order valence-electron chi connectivity index (χ2n) is 5.25. The fourth-order valence-corrected chi connectivity index (χ4v) is 3.39. The SMILES string of the molecule is CCCNC(CSc1nccc(C)n1)(C(=O)O)C1CC1. The van der Waals surface area contributed by atoms with E-state index in [1.807, 2.05) is 19.9 Å². The van der Waals surface area contributed by atoms with E-state index in [0.717, 1.165) is 31.5 Å². The normalized spacial score (nSPS) is 17.7. The Morgan fingerprint density at radius 1 is 1.60 bits per heavy atom. The van der Waals surface area contributed by atoms with E-state index in [4.69, 9.17) is 0 Å². The van der Waals surface area contributed by atoms with Crippen LogP contribution in [0.1, 0.15) is 31.9 Å². The Morgan fingerprint density at radius 3 is 2.90 bits per heavy atom. The lowest BCUT2D eigenvalue weighted by atomic mass is 9.95. The molecule has 1 aliphatic carbocycles. The summed E-state index contributed by atoms with van der Waals surface area (Å²) >= 11 is 1.42. The summed E-state index contributed by atoms with van der Waals surface area (Å²) in [5.74, 6) is -0.0614. The Kier molecular flexibility index (Phi) is 4.99. The van der Waals surface area contributed by atoms with Gasteiger partial charge in [0.05, 0.1) is 0 Å². The topological polar surface area (TPSA) is 75.1 Å². The van der Waals surface area contributed by atoms with Gasteiger partial charge in [-0.05, 0) is 44.7 Å². The zero-order chi connectivity index (χ0) is 14.6. The minimum atomic E-state index is -0.840. The van der Waals surface area contributed by atoms with E-state index in [1.165, 1.54) is 11.8 Å². The van der Waals surface area contributed by atoms with Gasteiger partial charge in [-0.1, -0.05) is 18.7 Å². The van der Waals surface area contributed by atoms with Crippen molar-refractivity contribution >= 4 is 17.7 Å². The number of carboxylic acids is 1. The molecule has 0 bridgehead atoms. The molecule has 2 N–H and O–H groups in total. The molecule has 1 atom stereocenters. The van der Waals surface area contributed by atoms with E-state index in [-0.39, 0.29) is 5.92 Å². The van der Waals surface area contributed by atoms with Crippen LogP contribution < -0.4 is 5.32 Å². The monoisotopic (exact) mass is 295 g/mol. The van der Waals surface area contributed by atoms with Gasteiger partial charge in [0.25, 0.3) is 0 Å². The second-order valence-corrected chi connectivity index (χ2v) is 6.19. The highest BCUT2D eigenvalue weighted by molar-refractivity contribution is 7.99. The lowest BCUT2D eigenvalue weighted by molar-refractivity contribution is -0.144. The molecule has 1 fully saturated rings. The maximum atomic E-state index is 11.8. The minimum absolute atomic E-state index is 0.226. The van der Waals surface area contributed by atoms with Crippen LogP contribution in [0, 0.1) is 12.8 Å². The van der Waals surface area contributed by atoms with Gasteiger partial charge in [0.15, 0.2) is 5.16 Å². The number of nitrogens with one attached hydrogen (secondary N) is 1. The summed E-state index contributed by atoms with van der Waals surface area (Å²) in [7, 11) is 0. The fraction of sp³-hybridized carbons (Fsp3) is 0.643. The first-order chi connectivity index (χ1) is 9.58. The first-order valence-corrected chi connectivity index (χ1v) is 7.98. The van der Waals surface area contributed by atoms with Crippen molar-refractivity contribution in [2.45, 2.75) is 43.8 Å². The van der Waals surface area contributed by atoms with Crippen molar-refractivity contribution in [3.63, 3.8) is 0 Å². The zero-order valence-electron chi connectivity index (χ0n) is 11.9. The average Bonchev–Trinajstić information content (AvgIpc) is 3.24. The summed E-state index contributed by atoms with van der Waals surface area (Å²) in [6, 6.07) is 1.84. The highest BCUT2D eigenvalue weighted by Gasteiger charge is 2.50. The number of carboxylic acid groups (broad SMARTS) is 1. The number of aryl methyl sites for hydroxylation is 1.